The molecule has 0 saturated carbocycles. The Morgan fingerprint density at radius 1 is 1.24 bits per heavy atom. The number of sulfonamides is 1. The summed E-state index contributed by atoms with van der Waals surface area (Å²) in [4.78, 5) is 14.6. The van der Waals surface area contributed by atoms with Crippen LogP contribution in [0.1, 0.15) is 29.3 Å². The molecule has 156 valence electrons. The minimum atomic E-state index is -3.87. The molecule has 29 heavy (non-hydrogen) atoms. The van der Waals surface area contributed by atoms with Crippen LogP contribution in [0.4, 0.5) is 0 Å². The first-order chi connectivity index (χ1) is 13.9. The Hall–Kier alpha value is -1.93. The summed E-state index contributed by atoms with van der Waals surface area (Å²) in [6.45, 7) is 4.53. The summed E-state index contributed by atoms with van der Waals surface area (Å²) in [7, 11) is -3.87. The molecular formula is C21H25ClN2O4S. The second-order valence-electron chi connectivity index (χ2n) is 7.03. The van der Waals surface area contributed by atoms with Crippen molar-refractivity contribution >= 4 is 27.5 Å². The predicted octanol–water partition coefficient (Wildman–Crippen LogP) is 3.32. The van der Waals surface area contributed by atoms with Gasteiger partial charge in [-0.2, -0.15) is 0 Å². The molecule has 1 saturated heterocycles. The van der Waals surface area contributed by atoms with Crippen molar-refractivity contribution in [2.75, 3.05) is 26.3 Å². The van der Waals surface area contributed by atoms with Crippen LogP contribution in [-0.2, 0) is 21.3 Å². The van der Waals surface area contributed by atoms with Gasteiger partial charge in [-0.15, -0.1) is 0 Å². The number of rotatable bonds is 8. The molecule has 1 aliphatic heterocycles. The summed E-state index contributed by atoms with van der Waals surface area (Å²) in [6, 6.07) is 13.6. The van der Waals surface area contributed by atoms with E-state index in [1.807, 2.05) is 37.3 Å². The van der Waals surface area contributed by atoms with Crippen molar-refractivity contribution in [2.24, 2.45) is 5.92 Å². The first kappa shape index (κ1) is 21.8. The molecule has 2 aromatic rings. The molecule has 1 heterocycles. The fraction of sp³-hybridized carbons (Fsp3) is 0.381. The van der Waals surface area contributed by atoms with E-state index in [0.29, 0.717) is 37.8 Å². The van der Waals surface area contributed by atoms with E-state index in [0.717, 1.165) is 12.0 Å². The van der Waals surface area contributed by atoms with Gasteiger partial charge in [-0.1, -0.05) is 41.9 Å². The molecule has 1 aliphatic rings. The maximum absolute atomic E-state index is 13.0. The minimum absolute atomic E-state index is 0.0781. The second kappa shape index (κ2) is 9.71. The third-order valence-electron chi connectivity index (χ3n) is 4.95. The SMILES string of the molecule is CCN(CC1CCOC1)C(=O)c1ccc(Cl)c(S(=O)(=O)NCc2ccccc2)c1. The highest BCUT2D eigenvalue weighted by atomic mass is 35.5. The number of nitrogens with one attached hydrogen (secondary N) is 1. The first-order valence-electron chi connectivity index (χ1n) is 9.61. The van der Waals surface area contributed by atoms with Crippen LogP contribution in [0.15, 0.2) is 53.4 Å². The van der Waals surface area contributed by atoms with Crippen molar-refractivity contribution in [1.29, 1.82) is 0 Å². The van der Waals surface area contributed by atoms with Crippen molar-refractivity contribution in [3.63, 3.8) is 0 Å². The van der Waals surface area contributed by atoms with Crippen LogP contribution in [0, 0.1) is 5.92 Å². The molecule has 0 aliphatic carbocycles. The van der Waals surface area contributed by atoms with Gasteiger partial charge in [-0.05, 0) is 37.1 Å². The van der Waals surface area contributed by atoms with Crippen LogP contribution in [0.2, 0.25) is 5.02 Å². The molecule has 1 unspecified atom stereocenters. The van der Waals surface area contributed by atoms with Crippen molar-refractivity contribution in [1.82, 2.24) is 9.62 Å². The molecule has 0 radical (unpaired) electrons. The molecule has 0 aromatic heterocycles. The van der Waals surface area contributed by atoms with Gasteiger partial charge >= 0.3 is 0 Å². The maximum Gasteiger partial charge on any atom is 0.253 e. The van der Waals surface area contributed by atoms with Gasteiger partial charge in [0.25, 0.3) is 5.91 Å². The largest absolute Gasteiger partial charge is 0.381 e. The Labute approximate surface area is 176 Å². The number of carbonyl (C=O) groups is 1. The molecule has 1 atom stereocenters. The molecule has 0 bridgehead atoms. The van der Waals surface area contributed by atoms with Crippen LogP contribution in [-0.4, -0.2) is 45.5 Å². The molecule has 1 fully saturated rings. The van der Waals surface area contributed by atoms with Gasteiger partial charge in [0, 0.05) is 37.7 Å². The zero-order valence-electron chi connectivity index (χ0n) is 16.3. The number of benzene rings is 2. The highest BCUT2D eigenvalue weighted by molar-refractivity contribution is 7.89. The van der Waals surface area contributed by atoms with E-state index in [1.54, 1.807) is 11.0 Å². The molecular weight excluding hydrogens is 412 g/mol. The Kier molecular flexibility index (Phi) is 7.29. The van der Waals surface area contributed by atoms with Gasteiger partial charge < -0.3 is 9.64 Å². The maximum atomic E-state index is 13.0. The number of carbonyl (C=O) groups excluding carboxylic acids is 1. The van der Waals surface area contributed by atoms with Crippen LogP contribution in [0.5, 0.6) is 0 Å². The molecule has 1 N–H and O–H groups in total. The average molecular weight is 437 g/mol. The van der Waals surface area contributed by atoms with E-state index in [4.69, 9.17) is 16.3 Å². The van der Waals surface area contributed by atoms with E-state index in [2.05, 4.69) is 4.72 Å². The summed E-state index contributed by atoms with van der Waals surface area (Å²) in [6.07, 6.45) is 0.924. The van der Waals surface area contributed by atoms with Gasteiger partial charge in [-0.3, -0.25) is 4.79 Å². The number of halogens is 1. The van der Waals surface area contributed by atoms with Crippen LogP contribution in [0.3, 0.4) is 0 Å². The highest BCUT2D eigenvalue weighted by Crippen LogP contribution is 2.24. The van der Waals surface area contributed by atoms with E-state index in [-0.39, 0.29) is 22.4 Å². The van der Waals surface area contributed by atoms with Crippen LogP contribution < -0.4 is 4.72 Å². The van der Waals surface area contributed by atoms with Crippen LogP contribution in [0.25, 0.3) is 0 Å². The summed E-state index contributed by atoms with van der Waals surface area (Å²) in [5, 5.41) is 0.0781. The van der Waals surface area contributed by atoms with E-state index in [1.165, 1.54) is 12.1 Å². The molecule has 8 heteroatoms. The zero-order chi connectivity index (χ0) is 20.9. The molecule has 1 amide bonds. The molecule has 0 spiro atoms. The standard InChI is InChI=1S/C21H25ClN2O4S/c1-2-24(14-17-10-11-28-15-17)21(25)18-8-9-19(22)20(12-18)29(26,27)23-13-16-6-4-3-5-7-16/h3-9,12,17,23H,2,10-11,13-15H2,1H3. The molecule has 2 aromatic carbocycles. The summed E-state index contributed by atoms with van der Waals surface area (Å²) in [5.41, 5.74) is 1.13. The van der Waals surface area contributed by atoms with Gasteiger partial charge in [-0.25, -0.2) is 13.1 Å². The van der Waals surface area contributed by atoms with Crippen molar-refractivity contribution in [3.05, 3.63) is 64.7 Å². The summed E-state index contributed by atoms with van der Waals surface area (Å²) < 4.78 is 33.5. The van der Waals surface area contributed by atoms with Gasteiger partial charge in [0.1, 0.15) is 4.90 Å². The summed E-state index contributed by atoms with van der Waals surface area (Å²) in [5.74, 6) is 0.0949. The van der Waals surface area contributed by atoms with Crippen molar-refractivity contribution < 1.29 is 17.9 Å². The van der Waals surface area contributed by atoms with Crippen LogP contribution >= 0.6 is 11.6 Å². The Morgan fingerprint density at radius 3 is 2.66 bits per heavy atom. The minimum Gasteiger partial charge on any atom is -0.381 e. The number of hydrogen-bond acceptors (Lipinski definition) is 4. The highest BCUT2D eigenvalue weighted by Gasteiger charge is 2.25. The quantitative estimate of drug-likeness (QED) is 0.688. The first-order valence-corrected chi connectivity index (χ1v) is 11.5. The van der Waals surface area contributed by atoms with E-state index < -0.39 is 10.0 Å². The molecule has 3 rings (SSSR count). The monoisotopic (exact) mass is 436 g/mol. The van der Waals surface area contributed by atoms with Gasteiger partial charge in [0.2, 0.25) is 10.0 Å². The smallest absolute Gasteiger partial charge is 0.253 e. The lowest BCUT2D eigenvalue weighted by Crippen LogP contribution is -2.35. The Bertz CT molecular complexity index is 944. The summed E-state index contributed by atoms with van der Waals surface area (Å²) >= 11 is 6.16. The second-order valence-corrected chi connectivity index (χ2v) is 9.17. The van der Waals surface area contributed by atoms with E-state index in [9.17, 15) is 13.2 Å². The molecule has 6 nitrogen and oxygen atoms in total. The van der Waals surface area contributed by atoms with E-state index >= 15 is 0 Å². The fourth-order valence-corrected chi connectivity index (χ4v) is 4.81. The average Bonchev–Trinajstić information content (AvgIpc) is 3.24. The van der Waals surface area contributed by atoms with Crippen molar-refractivity contribution in [2.45, 2.75) is 24.8 Å². The number of nitrogens with zero attached hydrogens (tertiary/aromatic N) is 1. The lowest BCUT2D eigenvalue weighted by Gasteiger charge is -2.24. The predicted molar refractivity (Wildman–Crippen MR) is 112 cm³/mol. The number of amides is 1. The van der Waals surface area contributed by atoms with Crippen molar-refractivity contribution in [3.8, 4) is 0 Å². The topological polar surface area (TPSA) is 75.7 Å². The third kappa shape index (κ3) is 5.57. The van der Waals surface area contributed by atoms with Gasteiger partial charge in [0.15, 0.2) is 0 Å². The Morgan fingerprint density at radius 2 is 2.00 bits per heavy atom. The lowest BCUT2D eigenvalue weighted by atomic mass is 10.1. The Balaban J connectivity index is 1.78. The van der Waals surface area contributed by atoms with Gasteiger partial charge in [0.05, 0.1) is 11.6 Å². The number of ether oxygens (including phenoxy) is 1. The lowest BCUT2D eigenvalue weighted by molar-refractivity contribution is 0.0730. The third-order valence-corrected chi connectivity index (χ3v) is 6.83. The zero-order valence-corrected chi connectivity index (χ0v) is 17.9. The number of hydrogen-bond donors (Lipinski definition) is 1. The normalized spacial score (nSPS) is 16.7. The fourth-order valence-electron chi connectivity index (χ4n) is 3.27.